The largest absolute Gasteiger partial charge is 0.367 e. The third-order valence-electron chi connectivity index (χ3n) is 3.94. The minimum Gasteiger partial charge on any atom is -0.367 e. The molecule has 0 amide bonds. The van der Waals surface area contributed by atoms with Gasteiger partial charge in [0.25, 0.3) is 5.56 Å². The quantitative estimate of drug-likeness (QED) is 0.933. The van der Waals surface area contributed by atoms with Crippen molar-refractivity contribution >= 4 is 5.82 Å². The van der Waals surface area contributed by atoms with Crippen molar-refractivity contribution in [1.29, 1.82) is 0 Å². The second kappa shape index (κ2) is 6.03. The second-order valence-electron chi connectivity index (χ2n) is 5.50. The Morgan fingerprint density at radius 2 is 2.05 bits per heavy atom. The summed E-state index contributed by atoms with van der Waals surface area (Å²) in [6.07, 6.45) is 7.19. The molecular formula is C15H19N5O. The van der Waals surface area contributed by atoms with Crippen molar-refractivity contribution < 1.29 is 0 Å². The van der Waals surface area contributed by atoms with Crippen molar-refractivity contribution in [3.63, 3.8) is 0 Å². The van der Waals surface area contributed by atoms with Crippen molar-refractivity contribution in [3.8, 4) is 0 Å². The lowest BCUT2D eigenvalue weighted by molar-refractivity contribution is 0.303. The van der Waals surface area contributed by atoms with Gasteiger partial charge in [0.1, 0.15) is 12.1 Å². The van der Waals surface area contributed by atoms with Crippen LogP contribution in [0.15, 0.2) is 35.5 Å². The fourth-order valence-electron chi connectivity index (χ4n) is 2.85. The van der Waals surface area contributed by atoms with Gasteiger partial charge < -0.3 is 5.32 Å². The van der Waals surface area contributed by atoms with E-state index < -0.39 is 0 Å². The van der Waals surface area contributed by atoms with Gasteiger partial charge in [-0.1, -0.05) is 0 Å². The van der Waals surface area contributed by atoms with Crippen LogP contribution in [0.25, 0.3) is 0 Å². The fraction of sp³-hybridized carbons (Fsp3) is 0.467. The zero-order valence-electron chi connectivity index (χ0n) is 12.1. The highest BCUT2D eigenvalue weighted by Gasteiger charge is 2.23. The standard InChI is InChI=1S/C15H19N5O/c1-11-9-14(17-10-16-11)19-12-4-6-13(7-5-12)20-15(21)3-2-8-18-20/h2-3,8-10,12-13H,4-7H2,1H3,(H,16,17,19). The van der Waals surface area contributed by atoms with Crippen LogP contribution < -0.4 is 10.9 Å². The molecule has 1 aliphatic carbocycles. The summed E-state index contributed by atoms with van der Waals surface area (Å²) in [6.45, 7) is 1.96. The first-order valence-corrected chi connectivity index (χ1v) is 7.31. The average Bonchev–Trinajstić information content (AvgIpc) is 2.49. The van der Waals surface area contributed by atoms with Crippen molar-refractivity contribution in [2.75, 3.05) is 5.32 Å². The molecule has 0 aliphatic heterocycles. The summed E-state index contributed by atoms with van der Waals surface area (Å²) in [4.78, 5) is 20.1. The summed E-state index contributed by atoms with van der Waals surface area (Å²) in [6, 6.07) is 5.82. The van der Waals surface area contributed by atoms with E-state index in [0.717, 1.165) is 37.2 Å². The van der Waals surface area contributed by atoms with Gasteiger partial charge in [-0.2, -0.15) is 5.10 Å². The van der Waals surface area contributed by atoms with Gasteiger partial charge >= 0.3 is 0 Å². The zero-order chi connectivity index (χ0) is 14.7. The number of hydrogen-bond acceptors (Lipinski definition) is 5. The predicted molar refractivity (Wildman–Crippen MR) is 80.2 cm³/mol. The molecule has 6 nitrogen and oxygen atoms in total. The molecule has 1 saturated carbocycles. The lowest BCUT2D eigenvalue weighted by Gasteiger charge is -2.29. The molecule has 2 heterocycles. The van der Waals surface area contributed by atoms with E-state index in [2.05, 4.69) is 20.4 Å². The van der Waals surface area contributed by atoms with Crippen LogP contribution in [0.3, 0.4) is 0 Å². The molecule has 0 spiro atoms. The average molecular weight is 285 g/mol. The molecule has 110 valence electrons. The minimum absolute atomic E-state index is 0.0136. The van der Waals surface area contributed by atoms with Gasteiger partial charge in [-0.25, -0.2) is 14.6 Å². The first-order valence-electron chi connectivity index (χ1n) is 7.31. The Balaban J connectivity index is 1.61. The van der Waals surface area contributed by atoms with Crippen LogP contribution in [-0.2, 0) is 0 Å². The number of nitrogens with zero attached hydrogens (tertiary/aromatic N) is 4. The van der Waals surface area contributed by atoms with Gasteiger partial charge in [0.15, 0.2) is 0 Å². The lowest BCUT2D eigenvalue weighted by Crippen LogP contribution is -2.33. The van der Waals surface area contributed by atoms with Crippen molar-refractivity contribution in [2.45, 2.75) is 44.7 Å². The normalized spacial score (nSPS) is 22.0. The Morgan fingerprint density at radius 1 is 1.24 bits per heavy atom. The number of nitrogens with one attached hydrogen (secondary N) is 1. The Hall–Kier alpha value is -2.24. The topological polar surface area (TPSA) is 72.7 Å². The lowest BCUT2D eigenvalue weighted by atomic mass is 9.91. The minimum atomic E-state index is -0.0136. The second-order valence-corrected chi connectivity index (χ2v) is 5.50. The van der Waals surface area contributed by atoms with E-state index in [1.165, 1.54) is 0 Å². The van der Waals surface area contributed by atoms with Gasteiger partial charge in [-0.15, -0.1) is 0 Å². The van der Waals surface area contributed by atoms with Gasteiger partial charge in [0.05, 0.1) is 6.04 Å². The molecule has 3 rings (SSSR count). The molecule has 1 N–H and O–H groups in total. The molecule has 6 heteroatoms. The molecule has 1 aliphatic rings. The van der Waals surface area contributed by atoms with E-state index in [1.807, 2.05) is 13.0 Å². The number of anilines is 1. The van der Waals surface area contributed by atoms with Gasteiger partial charge in [-0.3, -0.25) is 4.79 Å². The number of aromatic nitrogens is 4. The van der Waals surface area contributed by atoms with E-state index in [9.17, 15) is 4.79 Å². The number of hydrogen-bond donors (Lipinski definition) is 1. The molecule has 0 atom stereocenters. The maximum atomic E-state index is 11.8. The van der Waals surface area contributed by atoms with Crippen LogP contribution >= 0.6 is 0 Å². The maximum Gasteiger partial charge on any atom is 0.266 e. The third kappa shape index (κ3) is 3.26. The van der Waals surface area contributed by atoms with Crippen molar-refractivity contribution in [3.05, 3.63) is 46.8 Å². The molecule has 0 unspecified atom stereocenters. The molecule has 21 heavy (non-hydrogen) atoms. The smallest absolute Gasteiger partial charge is 0.266 e. The first-order chi connectivity index (χ1) is 10.2. The maximum absolute atomic E-state index is 11.8. The molecule has 2 aromatic rings. The van der Waals surface area contributed by atoms with Crippen LogP contribution in [0.2, 0.25) is 0 Å². The molecule has 0 aromatic carbocycles. The van der Waals surface area contributed by atoms with E-state index in [-0.39, 0.29) is 11.6 Å². The van der Waals surface area contributed by atoms with Crippen LogP contribution in [0.5, 0.6) is 0 Å². The summed E-state index contributed by atoms with van der Waals surface area (Å²) >= 11 is 0. The van der Waals surface area contributed by atoms with E-state index in [1.54, 1.807) is 29.3 Å². The van der Waals surface area contributed by atoms with E-state index in [0.29, 0.717) is 6.04 Å². The summed E-state index contributed by atoms with van der Waals surface area (Å²) in [5.74, 6) is 0.876. The van der Waals surface area contributed by atoms with Crippen molar-refractivity contribution in [1.82, 2.24) is 19.7 Å². The Labute approximate surface area is 123 Å². The number of rotatable bonds is 3. The van der Waals surface area contributed by atoms with Crippen LogP contribution in [0.4, 0.5) is 5.82 Å². The molecule has 1 fully saturated rings. The van der Waals surface area contributed by atoms with Crippen LogP contribution in [0, 0.1) is 6.92 Å². The van der Waals surface area contributed by atoms with Crippen LogP contribution in [0.1, 0.15) is 37.4 Å². The third-order valence-corrected chi connectivity index (χ3v) is 3.94. The van der Waals surface area contributed by atoms with Crippen LogP contribution in [-0.4, -0.2) is 25.8 Å². The molecule has 0 saturated heterocycles. The van der Waals surface area contributed by atoms with Gasteiger partial charge in [0, 0.05) is 30.1 Å². The fourth-order valence-corrected chi connectivity index (χ4v) is 2.85. The Bertz CT molecular complexity index is 661. The van der Waals surface area contributed by atoms with Crippen molar-refractivity contribution in [2.24, 2.45) is 0 Å². The molecule has 0 radical (unpaired) electrons. The highest BCUT2D eigenvalue weighted by atomic mass is 16.1. The molecule has 2 aromatic heterocycles. The summed E-state index contributed by atoms with van der Waals surface area (Å²) in [5.41, 5.74) is 0.946. The Morgan fingerprint density at radius 3 is 2.76 bits per heavy atom. The van der Waals surface area contributed by atoms with Gasteiger partial charge in [-0.05, 0) is 38.7 Å². The number of aryl methyl sites for hydroxylation is 1. The summed E-state index contributed by atoms with van der Waals surface area (Å²) < 4.78 is 1.62. The monoisotopic (exact) mass is 285 g/mol. The molecular weight excluding hydrogens is 266 g/mol. The van der Waals surface area contributed by atoms with E-state index >= 15 is 0 Å². The first kappa shape index (κ1) is 13.7. The van der Waals surface area contributed by atoms with Gasteiger partial charge in [0.2, 0.25) is 0 Å². The highest BCUT2D eigenvalue weighted by molar-refractivity contribution is 5.35. The summed E-state index contributed by atoms with van der Waals surface area (Å²) in [7, 11) is 0. The SMILES string of the molecule is Cc1cc(NC2CCC(n3ncccc3=O)CC2)ncn1. The highest BCUT2D eigenvalue weighted by Crippen LogP contribution is 2.28. The summed E-state index contributed by atoms with van der Waals surface area (Å²) in [5, 5.41) is 7.64. The predicted octanol–water partition coefficient (Wildman–Crippen LogP) is 1.94. The Kier molecular flexibility index (Phi) is 3.94. The zero-order valence-corrected chi connectivity index (χ0v) is 12.1. The molecule has 0 bridgehead atoms. The van der Waals surface area contributed by atoms with E-state index in [4.69, 9.17) is 0 Å².